The highest BCUT2D eigenvalue weighted by Gasteiger charge is 2.46. The molecule has 1 aromatic rings. The van der Waals surface area contributed by atoms with Crippen molar-refractivity contribution in [3.05, 3.63) is 24.3 Å². The van der Waals surface area contributed by atoms with Gasteiger partial charge < -0.3 is 10.2 Å². The highest BCUT2D eigenvalue weighted by Crippen LogP contribution is 2.29. The number of anilines is 1. The Hall–Kier alpha value is -1.60. The molecular weight excluding hydrogens is 290 g/mol. The summed E-state index contributed by atoms with van der Waals surface area (Å²) in [5.74, 6) is -0.191. The van der Waals surface area contributed by atoms with Crippen LogP contribution in [0.4, 0.5) is 5.69 Å². The molecule has 7 heteroatoms. The van der Waals surface area contributed by atoms with Gasteiger partial charge in [-0.15, -0.1) is 0 Å². The molecule has 1 heterocycles. The van der Waals surface area contributed by atoms with Crippen molar-refractivity contribution in [1.29, 1.82) is 0 Å². The minimum Gasteiger partial charge on any atom is -0.388 e. The van der Waals surface area contributed by atoms with Crippen LogP contribution in [0, 0.1) is 0 Å². The van der Waals surface area contributed by atoms with Crippen molar-refractivity contribution >= 4 is 21.6 Å². The number of rotatable bonds is 3. The fraction of sp³-hybridized carbons (Fsp3) is 0.500. The Morgan fingerprint density at radius 3 is 2.24 bits per heavy atom. The number of carbonyl (C=O) groups excluding carboxylic acids is 1. The van der Waals surface area contributed by atoms with Crippen molar-refractivity contribution in [2.75, 3.05) is 32.5 Å². The van der Waals surface area contributed by atoms with E-state index in [9.17, 15) is 13.2 Å². The standard InChI is InChI=1S/C14H21N3O3S/c1-14(2)13(18)16(4)9-10-17(14)21(19,20)12-7-5-11(15-3)6-8-12/h5-8,15H,9-10H2,1-4H3. The zero-order valence-corrected chi connectivity index (χ0v) is 13.6. The summed E-state index contributed by atoms with van der Waals surface area (Å²) in [4.78, 5) is 14.0. The fourth-order valence-corrected chi connectivity index (χ4v) is 4.27. The van der Waals surface area contributed by atoms with Crippen molar-refractivity contribution in [3.8, 4) is 0 Å². The maximum absolute atomic E-state index is 12.8. The van der Waals surface area contributed by atoms with Gasteiger partial charge in [0.25, 0.3) is 0 Å². The number of carbonyl (C=O) groups is 1. The zero-order valence-electron chi connectivity index (χ0n) is 12.8. The van der Waals surface area contributed by atoms with Gasteiger partial charge in [-0.05, 0) is 38.1 Å². The molecule has 0 atom stereocenters. The number of amides is 1. The van der Waals surface area contributed by atoms with Crippen LogP contribution in [0.1, 0.15) is 13.8 Å². The Kier molecular flexibility index (Phi) is 3.99. The summed E-state index contributed by atoms with van der Waals surface area (Å²) >= 11 is 0. The molecule has 1 aliphatic heterocycles. The molecule has 0 saturated carbocycles. The highest BCUT2D eigenvalue weighted by atomic mass is 32.2. The molecule has 2 rings (SSSR count). The topological polar surface area (TPSA) is 69.7 Å². The third kappa shape index (κ3) is 2.63. The van der Waals surface area contributed by atoms with E-state index in [-0.39, 0.29) is 10.8 Å². The number of piperazine rings is 1. The van der Waals surface area contributed by atoms with Crippen molar-refractivity contribution in [2.45, 2.75) is 24.3 Å². The lowest BCUT2D eigenvalue weighted by molar-refractivity contribution is -0.142. The van der Waals surface area contributed by atoms with Crippen molar-refractivity contribution < 1.29 is 13.2 Å². The quantitative estimate of drug-likeness (QED) is 0.903. The van der Waals surface area contributed by atoms with E-state index in [1.807, 2.05) is 0 Å². The van der Waals surface area contributed by atoms with Crippen LogP contribution in [0.3, 0.4) is 0 Å². The molecule has 0 spiro atoms. The van der Waals surface area contributed by atoms with Gasteiger partial charge in [0, 0.05) is 32.9 Å². The molecule has 21 heavy (non-hydrogen) atoms. The second kappa shape index (κ2) is 5.31. The van der Waals surface area contributed by atoms with Crippen molar-refractivity contribution in [3.63, 3.8) is 0 Å². The van der Waals surface area contributed by atoms with Crippen LogP contribution in [0.2, 0.25) is 0 Å². The number of hydrogen-bond donors (Lipinski definition) is 1. The summed E-state index contributed by atoms with van der Waals surface area (Å²) in [6, 6.07) is 6.52. The van der Waals surface area contributed by atoms with E-state index in [1.54, 1.807) is 57.1 Å². The van der Waals surface area contributed by atoms with E-state index in [1.165, 1.54) is 4.31 Å². The van der Waals surface area contributed by atoms with Crippen molar-refractivity contribution in [2.24, 2.45) is 0 Å². The number of benzene rings is 1. The van der Waals surface area contributed by atoms with E-state index in [0.717, 1.165) is 5.69 Å². The molecule has 1 aromatic carbocycles. The molecule has 0 aromatic heterocycles. The molecule has 1 aliphatic rings. The molecule has 0 aliphatic carbocycles. The predicted octanol–water partition coefficient (Wildman–Crippen LogP) is 0.970. The van der Waals surface area contributed by atoms with E-state index in [2.05, 4.69) is 5.32 Å². The number of likely N-dealkylation sites (N-methyl/N-ethyl adjacent to an activating group) is 1. The second-order valence-electron chi connectivity index (χ2n) is 5.64. The Morgan fingerprint density at radius 1 is 1.14 bits per heavy atom. The first-order chi connectivity index (χ1) is 9.71. The molecule has 1 fully saturated rings. The molecule has 1 saturated heterocycles. The van der Waals surface area contributed by atoms with Crippen molar-refractivity contribution in [1.82, 2.24) is 9.21 Å². The van der Waals surface area contributed by atoms with Gasteiger partial charge in [0.2, 0.25) is 15.9 Å². The maximum atomic E-state index is 12.8. The lowest BCUT2D eigenvalue weighted by atomic mass is 10.0. The van der Waals surface area contributed by atoms with Gasteiger partial charge in [-0.3, -0.25) is 4.79 Å². The van der Waals surface area contributed by atoms with Crippen LogP contribution in [0.5, 0.6) is 0 Å². The summed E-state index contributed by atoms with van der Waals surface area (Å²) in [5.41, 5.74) is -0.240. The van der Waals surface area contributed by atoms with Crippen LogP contribution >= 0.6 is 0 Å². The lowest BCUT2D eigenvalue weighted by Gasteiger charge is -2.43. The summed E-state index contributed by atoms with van der Waals surface area (Å²) in [7, 11) is -0.233. The van der Waals surface area contributed by atoms with E-state index in [4.69, 9.17) is 0 Å². The van der Waals surface area contributed by atoms with Gasteiger partial charge in [0.05, 0.1) is 4.90 Å². The number of sulfonamides is 1. The molecule has 0 radical (unpaired) electrons. The molecule has 0 unspecified atom stereocenters. The van der Waals surface area contributed by atoms with E-state index in [0.29, 0.717) is 13.1 Å². The Balaban J connectivity index is 2.40. The van der Waals surface area contributed by atoms with Gasteiger partial charge in [-0.25, -0.2) is 8.42 Å². The first-order valence-electron chi connectivity index (χ1n) is 6.77. The van der Waals surface area contributed by atoms with Crippen LogP contribution in [-0.4, -0.2) is 56.3 Å². The molecule has 116 valence electrons. The van der Waals surface area contributed by atoms with Crippen LogP contribution in [-0.2, 0) is 14.8 Å². The second-order valence-corrected chi connectivity index (χ2v) is 7.50. The van der Waals surface area contributed by atoms with Gasteiger partial charge in [0.1, 0.15) is 5.54 Å². The average Bonchev–Trinajstić information content (AvgIpc) is 2.44. The smallest absolute Gasteiger partial charge is 0.244 e. The third-order valence-corrected chi connectivity index (χ3v) is 5.95. The molecule has 0 bridgehead atoms. The molecule has 1 N–H and O–H groups in total. The lowest BCUT2D eigenvalue weighted by Crippen LogP contribution is -2.63. The Labute approximate surface area is 125 Å². The summed E-state index contributed by atoms with van der Waals surface area (Å²) in [6.07, 6.45) is 0. The molecule has 6 nitrogen and oxygen atoms in total. The van der Waals surface area contributed by atoms with E-state index < -0.39 is 15.6 Å². The van der Waals surface area contributed by atoms with Gasteiger partial charge in [-0.1, -0.05) is 0 Å². The molecular formula is C14H21N3O3S. The molecule has 1 amide bonds. The summed E-state index contributed by atoms with van der Waals surface area (Å²) < 4.78 is 26.9. The summed E-state index contributed by atoms with van der Waals surface area (Å²) in [6.45, 7) is 3.98. The maximum Gasteiger partial charge on any atom is 0.244 e. The SMILES string of the molecule is CNc1ccc(S(=O)(=O)N2CCN(C)C(=O)C2(C)C)cc1. The van der Waals surface area contributed by atoms with Crippen LogP contribution in [0.25, 0.3) is 0 Å². The summed E-state index contributed by atoms with van der Waals surface area (Å²) in [5, 5.41) is 2.95. The minimum atomic E-state index is -3.69. The first-order valence-corrected chi connectivity index (χ1v) is 8.21. The monoisotopic (exact) mass is 311 g/mol. The van der Waals surface area contributed by atoms with Gasteiger partial charge in [-0.2, -0.15) is 4.31 Å². The fourth-order valence-electron chi connectivity index (χ4n) is 2.54. The van der Waals surface area contributed by atoms with Gasteiger partial charge >= 0.3 is 0 Å². The number of nitrogens with one attached hydrogen (secondary N) is 1. The first kappa shape index (κ1) is 15.8. The van der Waals surface area contributed by atoms with Crippen LogP contribution in [0.15, 0.2) is 29.2 Å². The highest BCUT2D eigenvalue weighted by molar-refractivity contribution is 7.89. The minimum absolute atomic E-state index is 0.191. The predicted molar refractivity (Wildman–Crippen MR) is 81.6 cm³/mol. The Morgan fingerprint density at radius 2 is 1.71 bits per heavy atom. The zero-order chi connectivity index (χ0) is 15.8. The Bertz CT molecular complexity index is 638. The average molecular weight is 311 g/mol. The number of hydrogen-bond acceptors (Lipinski definition) is 4. The van der Waals surface area contributed by atoms with E-state index >= 15 is 0 Å². The van der Waals surface area contributed by atoms with Crippen LogP contribution < -0.4 is 5.32 Å². The van der Waals surface area contributed by atoms with Gasteiger partial charge in [0.15, 0.2) is 0 Å². The number of nitrogens with zero attached hydrogens (tertiary/aromatic N) is 2. The third-order valence-electron chi connectivity index (χ3n) is 3.86. The largest absolute Gasteiger partial charge is 0.388 e. The normalized spacial score (nSPS) is 19.6.